The molecule has 0 bridgehead atoms. The molecule has 2 saturated carbocycles. The fourth-order valence-corrected chi connectivity index (χ4v) is 4.57. The summed E-state index contributed by atoms with van der Waals surface area (Å²) < 4.78 is 0. The number of carbonyl (C=O) groups excluding carboxylic acids is 1. The monoisotopic (exact) mass is 269 g/mol. The maximum absolute atomic E-state index is 12.3. The van der Waals surface area contributed by atoms with E-state index in [-0.39, 0.29) is 0 Å². The Labute approximate surface area is 116 Å². The van der Waals surface area contributed by atoms with Crippen molar-refractivity contribution in [2.45, 2.75) is 76.0 Å². The molecule has 2 nitrogen and oxygen atoms in total. The third-order valence-electron chi connectivity index (χ3n) is 4.42. The van der Waals surface area contributed by atoms with E-state index in [1.54, 1.807) is 0 Å². The molecule has 0 heterocycles. The average Bonchev–Trinajstić information content (AvgIpc) is 2.92. The summed E-state index contributed by atoms with van der Waals surface area (Å²) in [6.45, 7) is 3.03. The zero-order valence-corrected chi connectivity index (χ0v) is 12.5. The molecule has 0 aromatic rings. The summed E-state index contributed by atoms with van der Waals surface area (Å²) in [5.74, 6) is 1.11. The Morgan fingerprint density at radius 3 is 2.28 bits per heavy atom. The second-order valence-corrected chi connectivity index (χ2v) is 6.98. The van der Waals surface area contributed by atoms with Gasteiger partial charge in [0.2, 0.25) is 5.91 Å². The topological polar surface area (TPSA) is 20.3 Å². The van der Waals surface area contributed by atoms with E-state index >= 15 is 0 Å². The Bertz CT molecular complexity index is 257. The highest BCUT2D eigenvalue weighted by atomic mass is 32.2. The van der Waals surface area contributed by atoms with Gasteiger partial charge in [-0.05, 0) is 32.6 Å². The van der Waals surface area contributed by atoms with Crippen LogP contribution in [0.2, 0.25) is 0 Å². The maximum atomic E-state index is 12.3. The number of hydrogen-bond acceptors (Lipinski definition) is 2. The van der Waals surface area contributed by atoms with Crippen molar-refractivity contribution in [3.63, 3.8) is 0 Å². The molecule has 2 aliphatic carbocycles. The molecule has 0 atom stereocenters. The van der Waals surface area contributed by atoms with Crippen LogP contribution in [0.3, 0.4) is 0 Å². The average molecular weight is 269 g/mol. The van der Waals surface area contributed by atoms with Crippen molar-refractivity contribution in [2.75, 3.05) is 12.3 Å². The van der Waals surface area contributed by atoms with Crippen LogP contribution in [0.5, 0.6) is 0 Å². The first-order valence-corrected chi connectivity index (χ1v) is 8.77. The van der Waals surface area contributed by atoms with Crippen LogP contribution in [0.25, 0.3) is 0 Å². The van der Waals surface area contributed by atoms with Gasteiger partial charge in [-0.25, -0.2) is 0 Å². The van der Waals surface area contributed by atoms with Crippen LogP contribution >= 0.6 is 11.8 Å². The molecule has 0 N–H and O–H groups in total. The molecule has 3 heteroatoms. The van der Waals surface area contributed by atoms with Crippen LogP contribution < -0.4 is 0 Å². The molecule has 18 heavy (non-hydrogen) atoms. The van der Waals surface area contributed by atoms with Gasteiger partial charge in [0, 0.05) is 17.8 Å². The number of thioether (sulfide) groups is 1. The van der Waals surface area contributed by atoms with E-state index in [0.29, 0.717) is 11.9 Å². The van der Waals surface area contributed by atoms with Crippen LogP contribution in [0.15, 0.2) is 0 Å². The molecular weight excluding hydrogens is 242 g/mol. The number of hydrogen-bond donors (Lipinski definition) is 0. The zero-order chi connectivity index (χ0) is 12.8. The molecule has 0 aromatic heterocycles. The van der Waals surface area contributed by atoms with Crippen LogP contribution in [-0.2, 0) is 4.79 Å². The Morgan fingerprint density at radius 2 is 1.67 bits per heavy atom. The fraction of sp³-hybridized carbons (Fsp3) is 0.933. The Hall–Kier alpha value is -0.180. The second-order valence-electron chi connectivity index (χ2n) is 5.69. The largest absolute Gasteiger partial charge is 0.339 e. The third-order valence-corrected chi connectivity index (χ3v) is 5.78. The minimum atomic E-state index is 0.390. The van der Waals surface area contributed by atoms with Gasteiger partial charge < -0.3 is 4.90 Å². The van der Waals surface area contributed by atoms with Gasteiger partial charge in [-0.2, -0.15) is 0 Å². The molecular formula is C15H27NOS. The van der Waals surface area contributed by atoms with Crippen LogP contribution in [0.1, 0.15) is 64.7 Å². The summed E-state index contributed by atoms with van der Waals surface area (Å²) in [5.41, 5.74) is 0. The molecule has 0 spiro atoms. The second kappa shape index (κ2) is 7.42. The number of rotatable bonds is 5. The van der Waals surface area contributed by atoms with E-state index in [4.69, 9.17) is 0 Å². The molecule has 0 radical (unpaired) electrons. The Kier molecular flexibility index (Phi) is 5.87. The van der Waals surface area contributed by atoms with Crippen molar-refractivity contribution < 1.29 is 4.79 Å². The smallest absolute Gasteiger partial charge is 0.232 e. The van der Waals surface area contributed by atoms with Gasteiger partial charge in [0.05, 0.1) is 5.75 Å². The molecule has 0 aliphatic heterocycles. The quantitative estimate of drug-likeness (QED) is 0.755. The molecule has 2 rings (SSSR count). The molecule has 0 aromatic carbocycles. The standard InChI is InChI=1S/C15H27NOS/c1-2-16(13-8-4-3-5-9-13)15(17)12-18-14-10-6-7-11-14/h13-14H,2-12H2,1H3. The SMILES string of the molecule is CCN(C(=O)CSC1CCCC1)C1CCCCC1. The summed E-state index contributed by atoms with van der Waals surface area (Å²) in [5, 5.41) is 0.763. The van der Waals surface area contributed by atoms with Gasteiger partial charge in [-0.3, -0.25) is 4.79 Å². The molecule has 2 fully saturated rings. The summed E-state index contributed by atoms with van der Waals surface area (Å²) in [7, 11) is 0. The molecule has 0 unspecified atom stereocenters. The lowest BCUT2D eigenvalue weighted by molar-refractivity contribution is -0.131. The van der Waals surface area contributed by atoms with Crippen LogP contribution in [-0.4, -0.2) is 34.4 Å². The van der Waals surface area contributed by atoms with Gasteiger partial charge in [-0.1, -0.05) is 32.1 Å². The summed E-state index contributed by atoms with van der Waals surface area (Å²) in [6, 6.07) is 0.542. The predicted octanol–water partition coefficient (Wildman–Crippen LogP) is 3.84. The lowest BCUT2D eigenvalue weighted by atomic mass is 9.94. The summed E-state index contributed by atoms with van der Waals surface area (Å²) >= 11 is 1.91. The van der Waals surface area contributed by atoms with Gasteiger partial charge in [0.15, 0.2) is 0 Å². The Morgan fingerprint density at radius 1 is 1.06 bits per heavy atom. The maximum Gasteiger partial charge on any atom is 0.232 e. The van der Waals surface area contributed by atoms with Crippen molar-refractivity contribution in [3.05, 3.63) is 0 Å². The third kappa shape index (κ3) is 3.91. The summed E-state index contributed by atoms with van der Waals surface area (Å²) in [6.07, 6.45) is 11.8. The lowest BCUT2D eigenvalue weighted by Crippen LogP contribution is -2.42. The highest BCUT2D eigenvalue weighted by Gasteiger charge is 2.25. The van der Waals surface area contributed by atoms with Crippen LogP contribution in [0.4, 0.5) is 0 Å². The van der Waals surface area contributed by atoms with E-state index in [1.165, 1.54) is 57.8 Å². The van der Waals surface area contributed by atoms with E-state index in [9.17, 15) is 4.79 Å². The lowest BCUT2D eigenvalue weighted by Gasteiger charge is -2.33. The van der Waals surface area contributed by atoms with E-state index in [0.717, 1.165) is 17.5 Å². The highest BCUT2D eigenvalue weighted by molar-refractivity contribution is 8.00. The van der Waals surface area contributed by atoms with Gasteiger partial charge in [0.25, 0.3) is 0 Å². The first kappa shape index (κ1) is 14.2. The fourth-order valence-electron chi connectivity index (χ4n) is 3.36. The first-order chi connectivity index (χ1) is 8.81. The first-order valence-electron chi connectivity index (χ1n) is 7.72. The van der Waals surface area contributed by atoms with Gasteiger partial charge >= 0.3 is 0 Å². The van der Waals surface area contributed by atoms with Crippen molar-refractivity contribution in [1.82, 2.24) is 4.90 Å². The molecule has 0 saturated heterocycles. The number of nitrogens with zero attached hydrogens (tertiary/aromatic N) is 1. The molecule has 2 aliphatic rings. The number of carbonyl (C=O) groups is 1. The molecule has 104 valence electrons. The van der Waals surface area contributed by atoms with Crippen LogP contribution in [0, 0.1) is 0 Å². The summed E-state index contributed by atoms with van der Waals surface area (Å²) in [4.78, 5) is 14.5. The highest BCUT2D eigenvalue weighted by Crippen LogP contribution is 2.30. The van der Waals surface area contributed by atoms with E-state index in [1.807, 2.05) is 11.8 Å². The van der Waals surface area contributed by atoms with Crippen molar-refractivity contribution in [1.29, 1.82) is 0 Å². The van der Waals surface area contributed by atoms with E-state index < -0.39 is 0 Å². The van der Waals surface area contributed by atoms with E-state index in [2.05, 4.69) is 11.8 Å². The minimum Gasteiger partial charge on any atom is -0.339 e. The van der Waals surface area contributed by atoms with Crippen molar-refractivity contribution >= 4 is 17.7 Å². The Balaban J connectivity index is 1.76. The molecule has 1 amide bonds. The normalized spacial score (nSPS) is 22.3. The number of amides is 1. The van der Waals surface area contributed by atoms with Crippen molar-refractivity contribution in [3.8, 4) is 0 Å². The predicted molar refractivity (Wildman–Crippen MR) is 79.0 cm³/mol. The van der Waals surface area contributed by atoms with Crippen molar-refractivity contribution in [2.24, 2.45) is 0 Å². The van der Waals surface area contributed by atoms with Gasteiger partial charge in [0.1, 0.15) is 0 Å². The zero-order valence-electron chi connectivity index (χ0n) is 11.7. The minimum absolute atomic E-state index is 0.390. The van der Waals surface area contributed by atoms with Gasteiger partial charge in [-0.15, -0.1) is 11.8 Å².